The molecule has 0 spiro atoms. The Hall–Kier alpha value is -2.43. The van der Waals surface area contributed by atoms with Crippen molar-refractivity contribution in [3.05, 3.63) is 52.1 Å². The summed E-state index contributed by atoms with van der Waals surface area (Å²) < 4.78 is 5.29. The number of aromatic nitrogens is 2. The number of aromatic amines is 1. The Bertz CT molecular complexity index is 678. The van der Waals surface area contributed by atoms with Crippen molar-refractivity contribution in [2.45, 2.75) is 34.3 Å². The summed E-state index contributed by atoms with van der Waals surface area (Å²) in [6.07, 6.45) is 1.50. The molecule has 1 aromatic carbocycles. The number of nitrogens with one attached hydrogen (secondary N) is 1. The largest absolute Gasteiger partial charge is 0.456 e. The summed E-state index contributed by atoms with van der Waals surface area (Å²) in [7, 11) is 0. The molecule has 0 amide bonds. The van der Waals surface area contributed by atoms with Gasteiger partial charge in [0.2, 0.25) is 0 Å². The molecule has 0 aliphatic rings. The van der Waals surface area contributed by atoms with E-state index < -0.39 is 0 Å². The molecule has 2 rings (SSSR count). The van der Waals surface area contributed by atoms with E-state index in [0.29, 0.717) is 11.3 Å². The van der Waals surface area contributed by atoms with Gasteiger partial charge in [0.05, 0.1) is 17.5 Å². The zero-order valence-electron chi connectivity index (χ0n) is 12.6. The molecule has 0 saturated heterocycles. The summed E-state index contributed by atoms with van der Waals surface area (Å²) in [5.41, 5.74) is 4.09. The molecule has 0 atom stereocenters. The van der Waals surface area contributed by atoms with Gasteiger partial charge in [-0.1, -0.05) is 17.7 Å². The zero-order chi connectivity index (χ0) is 15.6. The first-order valence-corrected chi connectivity index (χ1v) is 6.68. The maximum atomic E-state index is 12.2. The molecule has 1 N–H and O–H groups in total. The maximum Gasteiger partial charge on any atom is 0.339 e. The summed E-state index contributed by atoms with van der Waals surface area (Å²) in [6, 6.07) is 3.90. The monoisotopic (exact) mass is 286 g/mol. The number of Topliss-reactive ketones (excluding diaryl/α,β-unsaturated/α-hetero) is 1. The van der Waals surface area contributed by atoms with E-state index in [-0.39, 0.29) is 24.2 Å². The number of H-pyrrole nitrogens is 1. The molecule has 110 valence electrons. The molecular weight excluding hydrogens is 268 g/mol. The second-order valence-corrected chi connectivity index (χ2v) is 5.16. The Morgan fingerprint density at radius 2 is 1.81 bits per heavy atom. The minimum atomic E-state index is -0.371. The average Bonchev–Trinajstić information content (AvgIpc) is 2.84. The molecule has 0 saturated carbocycles. The van der Waals surface area contributed by atoms with Gasteiger partial charge in [0, 0.05) is 6.92 Å². The van der Waals surface area contributed by atoms with E-state index in [4.69, 9.17) is 4.74 Å². The Balaban J connectivity index is 2.10. The van der Waals surface area contributed by atoms with Crippen molar-refractivity contribution in [1.29, 1.82) is 0 Å². The number of carbonyl (C=O) groups excluding carboxylic acids is 2. The third-order valence-corrected chi connectivity index (χ3v) is 3.20. The van der Waals surface area contributed by atoms with Crippen molar-refractivity contribution in [3.8, 4) is 0 Å². The minimum absolute atomic E-state index is 0.0614. The molecule has 0 aliphatic carbocycles. The van der Waals surface area contributed by atoms with Gasteiger partial charge < -0.3 is 9.72 Å². The van der Waals surface area contributed by atoms with Crippen LogP contribution in [-0.2, 0) is 11.3 Å². The SMILES string of the molecule is CC(=O)c1ncc(COC(=O)c2c(C)cc(C)cc2C)[nH]1. The molecule has 0 fully saturated rings. The van der Waals surface area contributed by atoms with Crippen molar-refractivity contribution in [2.75, 3.05) is 0 Å². The molecule has 5 heteroatoms. The van der Waals surface area contributed by atoms with Gasteiger partial charge >= 0.3 is 5.97 Å². The zero-order valence-corrected chi connectivity index (χ0v) is 12.6. The third-order valence-electron chi connectivity index (χ3n) is 3.20. The van der Waals surface area contributed by atoms with Crippen LogP contribution in [0.3, 0.4) is 0 Å². The molecule has 0 bridgehead atoms. The van der Waals surface area contributed by atoms with Gasteiger partial charge in [-0.15, -0.1) is 0 Å². The Kier molecular flexibility index (Phi) is 4.21. The highest BCUT2D eigenvalue weighted by Crippen LogP contribution is 2.18. The number of hydrogen-bond acceptors (Lipinski definition) is 4. The molecule has 0 radical (unpaired) electrons. The van der Waals surface area contributed by atoms with E-state index >= 15 is 0 Å². The van der Waals surface area contributed by atoms with Gasteiger partial charge in [0.1, 0.15) is 6.61 Å². The van der Waals surface area contributed by atoms with Gasteiger partial charge in [-0.05, 0) is 31.9 Å². The lowest BCUT2D eigenvalue weighted by atomic mass is 10.00. The fraction of sp³-hybridized carbons (Fsp3) is 0.312. The van der Waals surface area contributed by atoms with Crippen LogP contribution in [0.25, 0.3) is 0 Å². The second-order valence-electron chi connectivity index (χ2n) is 5.16. The van der Waals surface area contributed by atoms with Crippen LogP contribution in [0.4, 0.5) is 0 Å². The third kappa shape index (κ3) is 3.37. The van der Waals surface area contributed by atoms with Crippen LogP contribution in [-0.4, -0.2) is 21.7 Å². The first kappa shape index (κ1) is 15.0. The van der Waals surface area contributed by atoms with Gasteiger partial charge in [0.25, 0.3) is 0 Å². The fourth-order valence-corrected chi connectivity index (χ4v) is 2.33. The molecule has 1 aromatic heterocycles. The number of nitrogens with zero attached hydrogens (tertiary/aromatic N) is 1. The Labute approximate surface area is 123 Å². The number of rotatable bonds is 4. The number of ketones is 1. The van der Waals surface area contributed by atoms with Crippen LogP contribution < -0.4 is 0 Å². The molecule has 5 nitrogen and oxygen atoms in total. The first-order chi connectivity index (χ1) is 9.88. The highest BCUT2D eigenvalue weighted by atomic mass is 16.5. The summed E-state index contributed by atoms with van der Waals surface area (Å²) in [6.45, 7) is 7.25. The predicted molar refractivity (Wildman–Crippen MR) is 78.4 cm³/mol. The number of esters is 1. The normalized spacial score (nSPS) is 10.5. The second kappa shape index (κ2) is 5.91. The van der Waals surface area contributed by atoms with Crippen LogP contribution in [0.5, 0.6) is 0 Å². The minimum Gasteiger partial charge on any atom is -0.456 e. The van der Waals surface area contributed by atoms with E-state index in [0.717, 1.165) is 16.7 Å². The van der Waals surface area contributed by atoms with Crippen molar-refractivity contribution >= 4 is 11.8 Å². The fourth-order valence-electron chi connectivity index (χ4n) is 2.33. The molecular formula is C16H18N2O3. The van der Waals surface area contributed by atoms with Gasteiger partial charge in [-0.3, -0.25) is 4.79 Å². The lowest BCUT2D eigenvalue weighted by Gasteiger charge is -2.10. The first-order valence-electron chi connectivity index (χ1n) is 6.68. The van der Waals surface area contributed by atoms with Gasteiger partial charge in [-0.2, -0.15) is 0 Å². The smallest absolute Gasteiger partial charge is 0.339 e. The summed E-state index contributed by atoms with van der Waals surface area (Å²) >= 11 is 0. The van der Waals surface area contributed by atoms with Crippen molar-refractivity contribution < 1.29 is 14.3 Å². The van der Waals surface area contributed by atoms with Crippen molar-refractivity contribution in [3.63, 3.8) is 0 Å². The van der Waals surface area contributed by atoms with Crippen LogP contribution in [0.1, 0.15) is 50.3 Å². The van der Waals surface area contributed by atoms with Crippen LogP contribution in [0.2, 0.25) is 0 Å². The quantitative estimate of drug-likeness (QED) is 0.693. The van der Waals surface area contributed by atoms with E-state index in [2.05, 4.69) is 9.97 Å². The number of hydrogen-bond donors (Lipinski definition) is 1. The Morgan fingerprint density at radius 1 is 1.19 bits per heavy atom. The predicted octanol–water partition coefficient (Wildman–Crippen LogP) is 2.89. The summed E-state index contributed by atoms with van der Waals surface area (Å²) in [5, 5.41) is 0. The van der Waals surface area contributed by atoms with Gasteiger partial charge in [0.15, 0.2) is 11.6 Å². The lowest BCUT2D eigenvalue weighted by molar-refractivity contribution is 0.0466. The van der Waals surface area contributed by atoms with Crippen LogP contribution in [0.15, 0.2) is 18.3 Å². The number of aryl methyl sites for hydroxylation is 3. The van der Waals surface area contributed by atoms with Gasteiger partial charge in [-0.25, -0.2) is 9.78 Å². The average molecular weight is 286 g/mol. The Morgan fingerprint density at radius 3 is 2.33 bits per heavy atom. The highest BCUT2D eigenvalue weighted by Gasteiger charge is 2.15. The van der Waals surface area contributed by atoms with Crippen LogP contribution in [0, 0.1) is 20.8 Å². The molecule has 1 heterocycles. The van der Waals surface area contributed by atoms with E-state index in [1.54, 1.807) is 0 Å². The van der Waals surface area contributed by atoms with Crippen molar-refractivity contribution in [2.24, 2.45) is 0 Å². The van der Waals surface area contributed by atoms with Crippen molar-refractivity contribution in [1.82, 2.24) is 9.97 Å². The number of benzene rings is 1. The van der Waals surface area contributed by atoms with E-state index in [1.807, 2.05) is 32.9 Å². The summed E-state index contributed by atoms with van der Waals surface area (Å²) in [5.74, 6) is -0.259. The molecule has 0 aliphatic heterocycles. The highest BCUT2D eigenvalue weighted by molar-refractivity contribution is 5.93. The lowest BCUT2D eigenvalue weighted by Crippen LogP contribution is -2.10. The number of ether oxygens (including phenoxy) is 1. The van der Waals surface area contributed by atoms with E-state index in [9.17, 15) is 9.59 Å². The molecule has 21 heavy (non-hydrogen) atoms. The number of carbonyl (C=O) groups is 2. The molecule has 2 aromatic rings. The topological polar surface area (TPSA) is 72.0 Å². The maximum absolute atomic E-state index is 12.2. The number of imidazole rings is 1. The van der Waals surface area contributed by atoms with Crippen LogP contribution >= 0.6 is 0 Å². The van der Waals surface area contributed by atoms with E-state index in [1.165, 1.54) is 13.1 Å². The standard InChI is InChI=1S/C16H18N2O3/c1-9-5-10(2)14(11(3)6-9)16(20)21-8-13-7-17-15(18-13)12(4)19/h5-7H,8H2,1-4H3,(H,17,18). The molecule has 0 unspecified atom stereocenters. The summed E-state index contributed by atoms with van der Waals surface area (Å²) in [4.78, 5) is 30.1.